The van der Waals surface area contributed by atoms with E-state index in [0.717, 1.165) is 41.2 Å². The standard InChI is InChI=1S/C14H15FN2S/c1-9-8-18-14(17-9)7-16-13-6-5-10-11(13)3-2-4-12(10)15/h2-4,8,13,16H,5-7H2,1H3. The molecule has 0 radical (unpaired) electrons. The third-order valence-corrected chi connectivity index (χ3v) is 4.35. The highest BCUT2D eigenvalue weighted by atomic mass is 32.1. The van der Waals surface area contributed by atoms with Crippen LogP contribution >= 0.6 is 11.3 Å². The number of rotatable bonds is 3. The van der Waals surface area contributed by atoms with Gasteiger partial charge < -0.3 is 5.32 Å². The highest BCUT2D eigenvalue weighted by Crippen LogP contribution is 2.32. The van der Waals surface area contributed by atoms with Crippen molar-refractivity contribution >= 4 is 11.3 Å². The molecule has 94 valence electrons. The van der Waals surface area contributed by atoms with Gasteiger partial charge >= 0.3 is 0 Å². The van der Waals surface area contributed by atoms with Gasteiger partial charge in [-0.3, -0.25) is 0 Å². The molecule has 1 aliphatic rings. The van der Waals surface area contributed by atoms with E-state index >= 15 is 0 Å². The lowest BCUT2D eigenvalue weighted by atomic mass is 10.1. The molecule has 0 fully saturated rings. The number of hydrogen-bond acceptors (Lipinski definition) is 3. The molecule has 1 aromatic heterocycles. The van der Waals surface area contributed by atoms with E-state index in [-0.39, 0.29) is 11.9 Å². The van der Waals surface area contributed by atoms with Gasteiger partial charge in [-0.1, -0.05) is 12.1 Å². The summed E-state index contributed by atoms with van der Waals surface area (Å²) in [7, 11) is 0. The van der Waals surface area contributed by atoms with E-state index in [1.54, 1.807) is 23.5 Å². The van der Waals surface area contributed by atoms with Crippen molar-refractivity contribution in [3.8, 4) is 0 Å². The van der Waals surface area contributed by atoms with Gasteiger partial charge in [0.05, 0.1) is 0 Å². The number of hydrogen-bond donors (Lipinski definition) is 1. The minimum atomic E-state index is -0.0677. The van der Waals surface area contributed by atoms with E-state index in [1.165, 1.54) is 0 Å². The van der Waals surface area contributed by atoms with Crippen LogP contribution in [0.15, 0.2) is 23.6 Å². The maximum atomic E-state index is 13.6. The zero-order chi connectivity index (χ0) is 12.5. The summed E-state index contributed by atoms with van der Waals surface area (Å²) in [6.07, 6.45) is 1.80. The summed E-state index contributed by atoms with van der Waals surface area (Å²) in [6, 6.07) is 5.63. The molecular weight excluding hydrogens is 247 g/mol. The van der Waals surface area contributed by atoms with E-state index in [4.69, 9.17) is 0 Å². The number of nitrogens with one attached hydrogen (secondary N) is 1. The smallest absolute Gasteiger partial charge is 0.126 e. The van der Waals surface area contributed by atoms with Crippen molar-refractivity contribution in [3.63, 3.8) is 0 Å². The molecule has 0 saturated heterocycles. The van der Waals surface area contributed by atoms with Gasteiger partial charge in [-0.15, -0.1) is 11.3 Å². The molecule has 4 heteroatoms. The summed E-state index contributed by atoms with van der Waals surface area (Å²) in [5.41, 5.74) is 3.06. The van der Waals surface area contributed by atoms with Crippen molar-refractivity contribution in [2.24, 2.45) is 0 Å². The van der Waals surface area contributed by atoms with E-state index < -0.39 is 0 Å². The normalized spacial score (nSPS) is 18.0. The topological polar surface area (TPSA) is 24.9 Å². The molecule has 0 spiro atoms. The molecule has 18 heavy (non-hydrogen) atoms. The molecule has 2 aromatic rings. The van der Waals surface area contributed by atoms with Gasteiger partial charge in [-0.25, -0.2) is 9.37 Å². The van der Waals surface area contributed by atoms with Crippen LogP contribution in [0.2, 0.25) is 0 Å². The Morgan fingerprint density at radius 1 is 1.50 bits per heavy atom. The van der Waals surface area contributed by atoms with Gasteiger partial charge in [0.1, 0.15) is 10.8 Å². The van der Waals surface area contributed by atoms with E-state index in [0.29, 0.717) is 0 Å². The molecule has 1 heterocycles. The number of fused-ring (bicyclic) bond motifs is 1. The second-order valence-electron chi connectivity index (χ2n) is 4.66. The van der Waals surface area contributed by atoms with Crippen LogP contribution in [0.25, 0.3) is 0 Å². The van der Waals surface area contributed by atoms with Crippen LogP contribution in [0.3, 0.4) is 0 Å². The third-order valence-electron chi connectivity index (χ3n) is 3.38. The molecule has 0 aliphatic heterocycles. The number of thiazole rings is 1. The zero-order valence-corrected chi connectivity index (χ0v) is 11.1. The van der Waals surface area contributed by atoms with Crippen molar-refractivity contribution in [2.45, 2.75) is 32.4 Å². The summed E-state index contributed by atoms with van der Waals surface area (Å²) in [5.74, 6) is -0.0677. The number of aryl methyl sites for hydroxylation is 1. The van der Waals surface area contributed by atoms with Crippen LogP contribution in [0.1, 0.15) is 34.3 Å². The Hall–Kier alpha value is -1.26. The third kappa shape index (κ3) is 2.18. The fourth-order valence-corrected chi connectivity index (χ4v) is 3.24. The molecule has 2 nitrogen and oxygen atoms in total. The lowest BCUT2D eigenvalue weighted by Crippen LogP contribution is -2.18. The average Bonchev–Trinajstić information content (AvgIpc) is 2.94. The Kier molecular flexibility index (Phi) is 3.14. The molecule has 1 unspecified atom stereocenters. The minimum absolute atomic E-state index is 0.0677. The molecule has 1 aromatic carbocycles. The van der Waals surface area contributed by atoms with Crippen molar-refractivity contribution in [2.75, 3.05) is 0 Å². The molecule has 0 saturated carbocycles. The van der Waals surface area contributed by atoms with Gasteiger partial charge in [-0.2, -0.15) is 0 Å². The summed E-state index contributed by atoms with van der Waals surface area (Å²) in [4.78, 5) is 4.43. The fourth-order valence-electron chi connectivity index (χ4n) is 2.52. The quantitative estimate of drug-likeness (QED) is 0.917. The van der Waals surface area contributed by atoms with Gasteiger partial charge in [0.2, 0.25) is 0 Å². The first-order chi connectivity index (χ1) is 8.74. The van der Waals surface area contributed by atoms with Crippen molar-refractivity contribution in [3.05, 3.63) is 51.2 Å². The summed E-state index contributed by atoms with van der Waals surface area (Å²) >= 11 is 1.67. The molecule has 0 amide bonds. The van der Waals surface area contributed by atoms with E-state index in [1.807, 2.05) is 13.0 Å². The first-order valence-electron chi connectivity index (χ1n) is 6.15. The Morgan fingerprint density at radius 3 is 3.17 bits per heavy atom. The number of aromatic nitrogens is 1. The van der Waals surface area contributed by atoms with Crippen LogP contribution in [0, 0.1) is 12.7 Å². The molecule has 1 aliphatic carbocycles. The highest BCUT2D eigenvalue weighted by molar-refractivity contribution is 7.09. The van der Waals surface area contributed by atoms with Gasteiger partial charge in [0.15, 0.2) is 0 Å². The maximum Gasteiger partial charge on any atom is 0.126 e. The van der Waals surface area contributed by atoms with Crippen molar-refractivity contribution in [1.29, 1.82) is 0 Å². The second-order valence-corrected chi connectivity index (χ2v) is 5.61. The number of nitrogens with zero attached hydrogens (tertiary/aromatic N) is 1. The lowest BCUT2D eigenvalue weighted by molar-refractivity contribution is 0.529. The number of halogens is 1. The fraction of sp³-hybridized carbons (Fsp3) is 0.357. The predicted octanol–water partition coefficient (Wildman–Crippen LogP) is 3.37. The molecule has 0 bridgehead atoms. The summed E-state index contributed by atoms with van der Waals surface area (Å²) < 4.78 is 13.6. The van der Waals surface area contributed by atoms with Crippen LogP contribution in [-0.4, -0.2) is 4.98 Å². The first-order valence-corrected chi connectivity index (χ1v) is 7.03. The second kappa shape index (κ2) is 4.78. The zero-order valence-electron chi connectivity index (χ0n) is 10.2. The predicted molar refractivity (Wildman–Crippen MR) is 71.2 cm³/mol. The average molecular weight is 262 g/mol. The minimum Gasteiger partial charge on any atom is -0.304 e. The largest absolute Gasteiger partial charge is 0.304 e. The Balaban J connectivity index is 1.71. The Bertz CT molecular complexity index is 565. The molecular formula is C14H15FN2S. The monoisotopic (exact) mass is 262 g/mol. The Morgan fingerprint density at radius 2 is 2.39 bits per heavy atom. The SMILES string of the molecule is Cc1csc(CNC2CCc3c(F)cccc32)n1. The van der Waals surface area contributed by atoms with Crippen LogP contribution < -0.4 is 5.32 Å². The summed E-state index contributed by atoms with van der Waals surface area (Å²) in [6.45, 7) is 2.76. The van der Waals surface area contributed by atoms with Crippen LogP contribution in [0.5, 0.6) is 0 Å². The lowest BCUT2D eigenvalue weighted by Gasteiger charge is -2.12. The van der Waals surface area contributed by atoms with Crippen LogP contribution in [-0.2, 0) is 13.0 Å². The highest BCUT2D eigenvalue weighted by Gasteiger charge is 2.24. The van der Waals surface area contributed by atoms with E-state index in [2.05, 4.69) is 15.7 Å². The molecule has 1 N–H and O–H groups in total. The number of benzene rings is 1. The Labute approximate surface area is 110 Å². The molecule has 1 atom stereocenters. The van der Waals surface area contributed by atoms with Crippen molar-refractivity contribution < 1.29 is 4.39 Å². The van der Waals surface area contributed by atoms with E-state index in [9.17, 15) is 4.39 Å². The van der Waals surface area contributed by atoms with Gasteiger partial charge in [-0.05, 0) is 37.0 Å². The van der Waals surface area contributed by atoms with Gasteiger partial charge in [0.25, 0.3) is 0 Å². The molecule has 3 rings (SSSR count). The van der Waals surface area contributed by atoms with Crippen LogP contribution in [0.4, 0.5) is 4.39 Å². The summed E-state index contributed by atoms with van der Waals surface area (Å²) in [5, 5.41) is 6.63. The van der Waals surface area contributed by atoms with Crippen molar-refractivity contribution in [1.82, 2.24) is 10.3 Å². The van der Waals surface area contributed by atoms with Gasteiger partial charge in [0, 0.05) is 23.7 Å². The first kappa shape index (κ1) is 11.8. The maximum absolute atomic E-state index is 13.6.